The second kappa shape index (κ2) is 10.2. The SMILES string of the molecule is COc1ccc(C(=O)N2CCCC(c3nnc(C(=O)Nc4ccc(Cl)cc4)s3)C2)c(OC)c1. The molecule has 1 aliphatic heterocycles. The first kappa shape index (κ1) is 23.0. The van der Waals surface area contributed by atoms with Crippen molar-refractivity contribution in [2.75, 3.05) is 32.6 Å². The van der Waals surface area contributed by atoms with Crippen LogP contribution in [0.1, 0.15) is 43.9 Å². The molecule has 8 nitrogen and oxygen atoms in total. The van der Waals surface area contributed by atoms with Gasteiger partial charge in [0.2, 0.25) is 5.01 Å². The maximum atomic E-state index is 13.2. The van der Waals surface area contributed by atoms with E-state index in [2.05, 4.69) is 15.5 Å². The predicted octanol–water partition coefficient (Wildman–Crippen LogP) is 4.48. The smallest absolute Gasteiger partial charge is 0.286 e. The summed E-state index contributed by atoms with van der Waals surface area (Å²) in [6, 6.07) is 12.0. The molecule has 1 aliphatic rings. The number of hydrogen-bond acceptors (Lipinski definition) is 7. The number of nitrogens with one attached hydrogen (secondary N) is 1. The van der Waals surface area contributed by atoms with Crippen molar-refractivity contribution in [2.45, 2.75) is 18.8 Å². The highest BCUT2D eigenvalue weighted by molar-refractivity contribution is 7.13. The van der Waals surface area contributed by atoms with Crippen molar-refractivity contribution in [2.24, 2.45) is 0 Å². The molecule has 4 rings (SSSR count). The topological polar surface area (TPSA) is 93.7 Å². The number of ether oxygens (including phenoxy) is 2. The van der Waals surface area contributed by atoms with Crippen LogP contribution in [0.25, 0.3) is 0 Å². The normalized spacial score (nSPS) is 15.7. The Kier molecular flexibility index (Phi) is 7.10. The molecule has 3 aromatic rings. The Morgan fingerprint density at radius 1 is 1.12 bits per heavy atom. The van der Waals surface area contributed by atoms with E-state index in [9.17, 15) is 9.59 Å². The molecule has 0 aliphatic carbocycles. The minimum Gasteiger partial charge on any atom is -0.497 e. The van der Waals surface area contributed by atoms with Crippen LogP contribution < -0.4 is 14.8 Å². The molecule has 2 heterocycles. The number of halogens is 1. The number of carbonyl (C=O) groups is 2. The fraction of sp³-hybridized carbons (Fsp3) is 0.304. The average Bonchev–Trinajstić information content (AvgIpc) is 3.35. The predicted molar refractivity (Wildman–Crippen MR) is 127 cm³/mol. The highest BCUT2D eigenvalue weighted by atomic mass is 35.5. The number of rotatable bonds is 6. The van der Waals surface area contributed by atoms with Gasteiger partial charge in [0.25, 0.3) is 11.8 Å². The van der Waals surface area contributed by atoms with Crippen LogP contribution in [0.4, 0.5) is 5.69 Å². The molecule has 0 spiro atoms. The molecular weight excluding hydrogens is 464 g/mol. The van der Waals surface area contributed by atoms with Gasteiger partial charge in [-0.2, -0.15) is 0 Å². The molecule has 2 amide bonds. The van der Waals surface area contributed by atoms with E-state index >= 15 is 0 Å². The zero-order valence-electron chi connectivity index (χ0n) is 18.2. The summed E-state index contributed by atoms with van der Waals surface area (Å²) < 4.78 is 10.6. The summed E-state index contributed by atoms with van der Waals surface area (Å²) >= 11 is 7.14. The van der Waals surface area contributed by atoms with Crippen LogP contribution in [0.2, 0.25) is 5.02 Å². The third-order valence-corrected chi connectivity index (χ3v) is 6.77. The van der Waals surface area contributed by atoms with Crippen molar-refractivity contribution in [3.8, 4) is 11.5 Å². The first-order valence-corrected chi connectivity index (χ1v) is 11.6. The number of piperidine rings is 1. The van der Waals surface area contributed by atoms with Gasteiger partial charge in [0.05, 0.1) is 19.8 Å². The Bertz CT molecular complexity index is 1150. The molecule has 1 fully saturated rings. The molecule has 172 valence electrons. The van der Waals surface area contributed by atoms with Crippen LogP contribution in [0.3, 0.4) is 0 Å². The Morgan fingerprint density at radius 2 is 1.91 bits per heavy atom. The lowest BCUT2D eigenvalue weighted by Crippen LogP contribution is -2.39. The lowest BCUT2D eigenvalue weighted by molar-refractivity contribution is 0.0703. The molecule has 0 saturated carbocycles. The highest BCUT2D eigenvalue weighted by Crippen LogP contribution is 2.32. The Labute approximate surface area is 200 Å². The number of methoxy groups -OCH3 is 2. The Hall–Kier alpha value is -3.17. The van der Waals surface area contributed by atoms with Gasteiger partial charge in [0.15, 0.2) is 0 Å². The number of hydrogen-bond donors (Lipinski definition) is 1. The molecular formula is C23H23ClN4O4S. The second-order valence-corrected chi connectivity index (χ2v) is 9.01. The molecule has 0 radical (unpaired) electrons. The number of carbonyl (C=O) groups excluding carboxylic acids is 2. The van der Waals surface area contributed by atoms with Crippen LogP contribution in [0, 0.1) is 0 Å². The summed E-state index contributed by atoms with van der Waals surface area (Å²) in [5.41, 5.74) is 1.11. The van der Waals surface area contributed by atoms with Gasteiger partial charge in [-0.1, -0.05) is 22.9 Å². The molecule has 2 aromatic carbocycles. The average molecular weight is 487 g/mol. The van der Waals surface area contributed by atoms with E-state index in [4.69, 9.17) is 21.1 Å². The van der Waals surface area contributed by atoms with E-state index in [1.54, 1.807) is 54.5 Å². The lowest BCUT2D eigenvalue weighted by Gasteiger charge is -2.32. The summed E-state index contributed by atoms with van der Waals surface area (Å²) in [6.45, 7) is 1.15. The van der Waals surface area contributed by atoms with E-state index in [1.807, 2.05) is 0 Å². The van der Waals surface area contributed by atoms with E-state index < -0.39 is 0 Å². The summed E-state index contributed by atoms with van der Waals surface area (Å²) in [4.78, 5) is 27.5. The van der Waals surface area contributed by atoms with Crippen LogP contribution >= 0.6 is 22.9 Å². The van der Waals surface area contributed by atoms with Crippen molar-refractivity contribution in [1.29, 1.82) is 0 Å². The van der Waals surface area contributed by atoms with Crippen molar-refractivity contribution in [3.05, 3.63) is 63.1 Å². The summed E-state index contributed by atoms with van der Waals surface area (Å²) in [5, 5.41) is 12.7. The van der Waals surface area contributed by atoms with Gasteiger partial charge in [-0.3, -0.25) is 9.59 Å². The van der Waals surface area contributed by atoms with Gasteiger partial charge in [0.1, 0.15) is 16.5 Å². The van der Waals surface area contributed by atoms with Gasteiger partial charge in [-0.15, -0.1) is 10.2 Å². The number of nitrogens with zero attached hydrogens (tertiary/aromatic N) is 3. The van der Waals surface area contributed by atoms with Crippen LogP contribution in [0.5, 0.6) is 11.5 Å². The maximum Gasteiger partial charge on any atom is 0.286 e. The van der Waals surface area contributed by atoms with Gasteiger partial charge in [-0.25, -0.2) is 0 Å². The monoisotopic (exact) mass is 486 g/mol. The number of benzene rings is 2. The minimum absolute atomic E-state index is 0.0153. The van der Waals surface area contributed by atoms with Crippen LogP contribution in [0.15, 0.2) is 42.5 Å². The standard InChI is InChI=1S/C23H23ClN4O4S/c1-31-17-9-10-18(19(12-17)32-2)23(30)28-11-3-4-14(13-28)21-26-27-22(33-21)20(29)25-16-7-5-15(24)6-8-16/h5-10,12,14H,3-4,11,13H2,1-2H3,(H,25,29). The molecule has 1 N–H and O–H groups in total. The third-order valence-electron chi connectivity index (χ3n) is 5.43. The Balaban J connectivity index is 1.45. The first-order valence-electron chi connectivity index (χ1n) is 10.4. The van der Waals surface area contributed by atoms with Crippen LogP contribution in [-0.4, -0.2) is 54.2 Å². The lowest BCUT2D eigenvalue weighted by atomic mass is 9.98. The van der Waals surface area contributed by atoms with Crippen molar-refractivity contribution in [1.82, 2.24) is 15.1 Å². The number of anilines is 1. The fourth-order valence-corrected chi connectivity index (χ4v) is 4.71. The molecule has 1 unspecified atom stereocenters. The summed E-state index contributed by atoms with van der Waals surface area (Å²) in [7, 11) is 3.10. The van der Waals surface area contributed by atoms with Crippen molar-refractivity contribution in [3.63, 3.8) is 0 Å². The highest BCUT2D eigenvalue weighted by Gasteiger charge is 2.30. The third kappa shape index (κ3) is 5.26. The zero-order valence-corrected chi connectivity index (χ0v) is 19.8. The molecule has 1 aromatic heterocycles. The van der Waals surface area contributed by atoms with Crippen LogP contribution in [-0.2, 0) is 0 Å². The molecule has 10 heteroatoms. The molecule has 1 saturated heterocycles. The fourth-order valence-electron chi connectivity index (χ4n) is 3.72. The van der Waals surface area contributed by atoms with Crippen molar-refractivity contribution < 1.29 is 19.1 Å². The van der Waals surface area contributed by atoms with Gasteiger partial charge < -0.3 is 19.7 Å². The van der Waals surface area contributed by atoms with Crippen molar-refractivity contribution >= 4 is 40.4 Å². The van der Waals surface area contributed by atoms with E-state index in [1.165, 1.54) is 18.4 Å². The second-order valence-electron chi connectivity index (χ2n) is 7.56. The van der Waals surface area contributed by atoms with E-state index in [0.29, 0.717) is 40.9 Å². The first-order chi connectivity index (χ1) is 16.0. The summed E-state index contributed by atoms with van der Waals surface area (Å²) in [5.74, 6) is 0.676. The van der Waals surface area contributed by atoms with Gasteiger partial charge in [0, 0.05) is 35.8 Å². The van der Waals surface area contributed by atoms with Gasteiger partial charge >= 0.3 is 0 Å². The van der Waals surface area contributed by atoms with Gasteiger partial charge in [-0.05, 0) is 49.2 Å². The largest absolute Gasteiger partial charge is 0.497 e. The molecule has 1 atom stereocenters. The zero-order chi connectivity index (χ0) is 23.4. The number of aromatic nitrogens is 2. The minimum atomic E-state index is -0.326. The summed E-state index contributed by atoms with van der Waals surface area (Å²) in [6.07, 6.45) is 1.71. The molecule has 0 bridgehead atoms. The number of likely N-dealkylation sites (tertiary alicyclic amines) is 1. The maximum absolute atomic E-state index is 13.2. The number of amides is 2. The quantitative estimate of drug-likeness (QED) is 0.552. The Morgan fingerprint density at radius 3 is 2.64 bits per heavy atom. The molecule has 33 heavy (non-hydrogen) atoms. The van der Waals surface area contributed by atoms with E-state index in [-0.39, 0.29) is 22.7 Å². The van der Waals surface area contributed by atoms with E-state index in [0.717, 1.165) is 17.8 Å².